The van der Waals surface area contributed by atoms with Crippen molar-refractivity contribution in [3.05, 3.63) is 129 Å². The predicted molar refractivity (Wildman–Crippen MR) is 181 cm³/mol. The Morgan fingerprint density at radius 2 is 1.44 bits per heavy atom. The quantitative estimate of drug-likeness (QED) is 0.167. The van der Waals surface area contributed by atoms with Crippen molar-refractivity contribution < 1.29 is 18.0 Å². The normalized spacial score (nSPS) is 11.9. The minimum atomic E-state index is -4.19. The zero-order chi connectivity index (χ0) is 32.6. The van der Waals surface area contributed by atoms with E-state index in [2.05, 4.69) is 5.32 Å². The molecular formula is C35H37Cl2N3O4S. The Kier molecular flexibility index (Phi) is 11.7. The molecule has 236 valence electrons. The minimum Gasteiger partial charge on any atom is -0.354 e. The lowest BCUT2D eigenvalue weighted by Gasteiger charge is -2.34. The molecule has 7 nitrogen and oxygen atoms in total. The van der Waals surface area contributed by atoms with Crippen LogP contribution in [0.5, 0.6) is 0 Å². The third-order valence-corrected chi connectivity index (χ3v) is 10.1. The van der Waals surface area contributed by atoms with Gasteiger partial charge in [-0.25, -0.2) is 8.42 Å². The second-order valence-electron chi connectivity index (χ2n) is 10.8. The standard InChI is InChI=1S/C35H37Cl2N3O4S/c1-4-20-38-35(42)33(22-27-12-7-5-8-13-27)39(23-30-31(36)16-11-17-32(30)37)34(41)24-40(28-19-18-25(2)26(3)21-28)45(43,44)29-14-9-6-10-15-29/h5-19,21,33H,4,20,22-24H2,1-3H3,(H,38,42). The van der Waals surface area contributed by atoms with Crippen molar-refractivity contribution in [2.45, 2.75) is 51.1 Å². The zero-order valence-corrected chi connectivity index (χ0v) is 27.9. The number of sulfonamides is 1. The largest absolute Gasteiger partial charge is 0.354 e. The van der Waals surface area contributed by atoms with E-state index in [1.165, 1.54) is 17.0 Å². The van der Waals surface area contributed by atoms with Crippen LogP contribution >= 0.6 is 23.2 Å². The lowest BCUT2D eigenvalue weighted by Crippen LogP contribution is -2.53. The van der Waals surface area contributed by atoms with Gasteiger partial charge in [-0.3, -0.25) is 13.9 Å². The number of nitrogens with one attached hydrogen (secondary N) is 1. The first-order valence-electron chi connectivity index (χ1n) is 14.7. The van der Waals surface area contributed by atoms with Crippen molar-refractivity contribution in [1.29, 1.82) is 0 Å². The highest BCUT2D eigenvalue weighted by Gasteiger charge is 2.35. The molecule has 0 radical (unpaired) electrons. The topological polar surface area (TPSA) is 86.8 Å². The number of halogens is 2. The third kappa shape index (κ3) is 8.45. The molecule has 45 heavy (non-hydrogen) atoms. The summed E-state index contributed by atoms with van der Waals surface area (Å²) in [7, 11) is -4.19. The van der Waals surface area contributed by atoms with Gasteiger partial charge >= 0.3 is 0 Å². The van der Waals surface area contributed by atoms with Crippen LogP contribution < -0.4 is 9.62 Å². The molecule has 1 N–H and O–H groups in total. The van der Waals surface area contributed by atoms with Crippen LogP contribution in [-0.2, 0) is 32.6 Å². The molecular weight excluding hydrogens is 629 g/mol. The van der Waals surface area contributed by atoms with Crippen LogP contribution in [0.15, 0.2) is 102 Å². The number of benzene rings is 4. The van der Waals surface area contributed by atoms with Crippen LogP contribution in [-0.4, -0.2) is 44.3 Å². The Hall–Kier alpha value is -3.85. The van der Waals surface area contributed by atoms with Gasteiger partial charge in [0.1, 0.15) is 12.6 Å². The first-order chi connectivity index (χ1) is 21.5. The van der Waals surface area contributed by atoms with Crippen molar-refractivity contribution in [2.24, 2.45) is 0 Å². The number of amides is 2. The van der Waals surface area contributed by atoms with Gasteiger partial charge in [0.15, 0.2) is 0 Å². The van der Waals surface area contributed by atoms with Gasteiger partial charge in [-0.05, 0) is 73.4 Å². The fourth-order valence-corrected chi connectivity index (χ4v) is 6.85. The summed E-state index contributed by atoms with van der Waals surface area (Å²) in [4.78, 5) is 29.7. The average molecular weight is 667 g/mol. The van der Waals surface area contributed by atoms with E-state index in [1.54, 1.807) is 48.5 Å². The van der Waals surface area contributed by atoms with Gasteiger partial charge in [0, 0.05) is 35.1 Å². The van der Waals surface area contributed by atoms with Crippen molar-refractivity contribution >= 4 is 50.7 Å². The maximum absolute atomic E-state index is 14.5. The van der Waals surface area contributed by atoms with Gasteiger partial charge in [-0.15, -0.1) is 0 Å². The minimum absolute atomic E-state index is 0.0400. The molecule has 0 spiro atoms. The summed E-state index contributed by atoms with van der Waals surface area (Å²) in [6.07, 6.45) is 0.892. The summed E-state index contributed by atoms with van der Waals surface area (Å²) in [5, 5.41) is 3.59. The fourth-order valence-electron chi connectivity index (χ4n) is 4.90. The first kappa shape index (κ1) is 34.0. The van der Waals surface area contributed by atoms with Crippen LogP contribution in [0, 0.1) is 13.8 Å². The summed E-state index contributed by atoms with van der Waals surface area (Å²) in [6.45, 7) is 5.49. The third-order valence-electron chi connectivity index (χ3n) is 7.60. The molecule has 0 aromatic heterocycles. The molecule has 0 heterocycles. The number of anilines is 1. The molecule has 4 rings (SSSR count). The lowest BCUT2D eigenvalue weighted by atomic mass is 10.0. The van der Waals surface area contributed by atoms with Gasteiger partial charge in [0.2, 0.25) is 11.8 Å². The summed E-state index contributed by atoms with van der Waals surface area (Å²) in [5.74, 6) is -0.947. The molecule has 2 amide bonds. The maximum atomic E-state index is 14.5. The van der Waals surface area contributed by atoms with Gasteiger partial charge in [0.05, 0.1) is 10.6 Å². The number of nitrogens with zero attached hydrogens (tertiary/aromatic N) is 2. The Balaban J connectivity index is 1.84. The monoisotopic (exact) mass is 665 g/mol. The van der Waals surface area contributed by atoms with Crippen LogP contribution in [0.2, 0.25) is 10.0 Å². The summed E-state index contributed by atoms with van der Waals surface area (Å²) < 4.78 is 29.3. The molecule has 4 aromatic rings. The molecule has 10 heteroatoms. The van der Waals surface area contributed by atoms with E-state index in [1.807, 2.05) is 57.2 Å². The van der Waals surface area contributed by atoms with Crippen LogP contribution in [0.4, 0.5) is 5.69 Å². The van der Waals surface area contributed by atoms with Crippen LogP contribution in [0.3, 0.4) is 0 Å². The van der Waals surface area contributed by atoms with E-state index in [0.717, 1.165) is 21.0 Å². The van der Waals surface area contributed by atoms with E-state index in [-0.39, 0.29) is 23.8 Å². The van der Waals surface area contributed by atoms with Gasteiger partial charge in [0.25, 0.3) is 10.0 Å². The van der Waals surface area contributed by atoms with E-state index in [4.69, 9.17) is 23.2 Å². The average Bonchev–Trinajstić information content (AvgIpc) is 3.03. The summed E-state index contributed by atoms with van der Waals surface area (Å²) >= 11 is 13.1. The summed E-state index contributed by atoms with van der Waals surface area (Å²) in [6, 6.07) is 26.6. The Bertz CT molecular complexity index is 1710. The smallest absolute Gasteiger partial charge is 0.264 e. The highest BCUT2D eigenvalue weighted by atomic mass is 35.5. The molecule has 0 bridgehead atoms. The summed E-state index contributed by atoms with van der Waals surface area (Å²) in [5.41, 5.74) is 3.47. The van der Waals surface area contributed by atoms with Gasteiger partial charge < -0.3 is 10.2 Å². The number of hydrogen-bond donors (Lipinski definition) is 1. The van der Waals surface area contributed by atoms with Crippen molar-refractivity contribution in [1.82, 2.24) is 10.2 Å². The van der Waals surface area contributed by atoms with Crippen LogP contribution in [0.25, 0.3) is 0 Å². The maximum Gasteiger partial charge on any atom is 0.264 e. The number of carbonyl (C=O) groups is 2. The van der Waals surface area contributed by atoms with E-state index in [0.29, 0.717) is 34.3 Å². The molecule has 0 aliphatic rings. The van der Waals surface area contributed by atoms with Gasteiger partial charge in [-0.2, -0.15) is 0 Å². The van der Waals surface area contributed by atoms with Gasteiger partial charge in [-0.1, -0.05) is 90.8 Å². The second-order valence-corrected chi connectivity index (χ2v) is 13.5. The highest BCUT2D eigenvalue weighted by molar-refractivity contribution is 7.92. The number of aryl methyl sites for hydroxylation is 2. The Morgan fingerprint density at radius 1 is 0.822 bits per heavy atom. The molecule has 0 fully saturated rings. The van der Waals surface area contributed by atoms with Crippen molar-refractivity contribution in [2.75, 3.05) is 17.4 Å². The molecule has 1 unspecified atom stereocenters. The molecule has 0 aliphatic carbocycles. The van der Waals surface area contributed by atoms with Crippen molar-refractivity contribution in [3.63, 3.8) is 0 Å². The highest BCUT2D eigenvalue weighted by Crippen LogP contribution is 2.29. The molecule has 1 atom stereocenters. The number of rotatable bonds is 13. The Labute approximate surface area is 275 Å². The van der Waals surface area contributed by atoms with Crippen LogP contribution in [0.1, 0.15) is 35.6 Å². The number of hydrogen-bond acceptors (Lipinski definition) is 4. The molecule has 0 aliphatic heterocycles. The predicted octanol–water partition coefficient (Wildman–Crippen LogP) is 6.97. The fraction of sp³-hybridized carbons (Fsp3) is 0.257. The SMILES string of the molecule is CCCNC(=O)C(Cc1ccccc1)N(Cc1c(Cl)cccc1Cl)C(=O)CN(c1ccc(C)c(C)c1)S(=O)(=O)c1ccccc1. The molecule has 0 saturated heterocycles. The van der Waals surface area contributed by atoms with Crippen molar-refractivity contribution in [3.8, 4) is 0 Å². The molecule has 0 saturated carbocycles. The number of carbonyl (C=O) groups excluding carboxylic acids is 2. The lowest BCUT2D eigenvalue weighted by molar-refractivity contribution is -0.140. The van der Waals surface area contributed by atoms with E-state index in [9.17, 15) is 18.0 Å². The zero-order valence-electron chi connectivity index (χ0n) is 25.5. The first-order valence-corrected chi connectivity index (χ1v) is 16.9. The Morgan fingerprint density at radius 3 is 2.04 bits per heavy atom. The van der Waals surface area contributed by atoms with E-state index < -0.39 is 28.5 Å². The van der Waals surface area contributed by atoms with E-state index >= 15 is 0 Å². The molecule has 4 aromatic carbocycles. The second kappa shape index (κ2) is 15.4.